The van der Waals surface area contributed by atoms with Gasteiger partial charge < -0.3 is 24.8 Å². The third-order valence-electron chi connectivity index (χ3n) is 4.60. The number of ether oxygens (including phenoxy) is 1. The molecule has 1 aromatic rings. The van der Waals surface area contributed by atoms with Crippen LogP contribution in [0.25, 0.3) is 0 Å². The number of hydrogen-bond acceptors (Lipinski definition) is 5. The first-order valence-corrected chi connectivity index (χ1v) is 9.37. The van der Waals surface area contributed by atoms with Gasteiger partial charge in [0, 0.05) is 50.6 Å². The molecule has 0 radical (unpaired) electrons. The highest BCUT2D eigenvalue weighted by Gasteiger charge is 2.24. The van der Waals surface area contributed by atoms with Gasteiger partial charge in [-0.25, -0.2) is 4.79 Å². The summed E-state index contributed by atoms with van der Waals surface area (Å²) in [5, 5.41) is 3.18. The van der Waals surface area contributed by atoms with Gasteiger partial charge in [-0.1, -0.05) is 0 Å². The van der Waals surface area contributed by atoms with E-state index in [1.54, 1.807) is 16.7 Å². The van der Waals surface area contributed by atoms with Crippen LogP contribution >= 0.6 is 0 Å². The van der Waals surface area contributed by atoms with Crippen LogP contribution in [0.2, 0.25) is 0 Å². The Bertz CT molecular complexity index is 579. The maximum atomic E-state index is 12.4. The minimum Gasteiger partial charge on any atom is -0.450 e. The first-order chi connectivity index (χ1) is 12.6. The molecule has 1 aromatic carbocycles. The maximum absolute atomic E-state index is 12.4. The Hall–Kier alpha value is -2.44. The minimum atomic E-state index is -0.300. The normalized spacial score (nSPS) is 14.1. The number of amides is 2. The summed E-state index contributed by atoms with van der Waals surface area (Å²) in [7, 11) is 0. The van der Waals surface area contributed by atoms with E-state index in [1.165, 1.54) is 5.69 Å². The van der Waals surface area contributed by atoms with Gasteiger partial charge in [0.2, 0.25) is 5.91 Å². The van der Waals surface area contributed by atoms with Crippen LogP contribution < -0.4 is 10.2 Å². The van der Waals surface area contributed by atoms with Gasteiger partial charge >= 0.3 is 6.09 Å². The molecular weight excluding hydrogens is 332 g/mol. The van der Waals surface area contributed by atoms with Crippen molar-refractivity contribution < 1.29 is 14.3 Å². The van der Waals surface area contributed by atoms with Crippen molar-refractivity contribution in [1.82, 2.24) is 9.80 Å². The molecule has 1 N–H and O–H groups in total. The monoisotopic (exact) mass is 362 g/mol. The molecule has 1 fully saturated rings. The summed E-state index contributed by atoms with van der Waals surface area (Å²) in [6, 6.07) is 8.13. The van der Waals surface area contributed by atoms with Crippen LogP contribution in [0, 0.1) is 0 Å². The molecule has 0 unspecified atom stereocenters. The smallest absolute Gasteiger partial charge is 0.409 e. The minimum absolute atomic E-state index is 0.0429. The summed E-state index contributed by atoms with van der Waals surface area (Å²) in [6.45, 7) is 10.7. The van der Waals surface area contributed by atoms with Crippen LogP contribution in [0.15, 0.2) is 24.3 Å². The Morgan fingerprint density at radius 1 is 1.00 bits per heavy atom. The fourth-order valence-electron chi connectivity index (χ4n) is 3.02. The maximum Gasteiger partial charge on any atom is 0.409 e. The molecule has 0 aromatic heterocycles. The third kappa shape index (κ3) is 5.28. The summed E-state index contributed by atoms with van der Waals surface area (Å²) in [5.41, 5.74) is 2.11. The molecule has 0 aliphatic carbocycles. The Kier molecular flexibility index (Phi) is 7.56. The first-order valence-electron chi connectivity index (χ1n) is 9.37. The number of nitrogens with zero attached hydrogens (tertiary/aromatic N) is 3. The Labute approximate surface area is 155 Å². The highest BCUT2D eigenvalue weighted by molar-refractivity contribution is 5.81. The van der Waals surface area contributed by atoms with E-state index in [1.807, 2.05) is 12.1 Å². The van der Waals surface area contributed by atoms with E-state index in [0.717, 1.165) is 18.8 Å². The van der Waals surface area contributed by atoms with Gasteiger partial charge in [-0.15, -0.1) is 0 Å². The molecule has 1 aliphatic rings. The molecule has 26 heavy (non-hydrogen) atoms. The molecule has 2 amide bonds. The van der Waals surface area contributed by atoms with E-state index in [4.69, 9.17) is 4.74 Å². The summed E-state index contributed by atoms with van der Waals surface area (Å²) < 4.78 is 4.99. The number of rotatable bonds is 7. The van der Waals surface area contributed by atoms with Crippen LogP contribution in [0.3, 0.4) is 0 Å². The van der Waals surface area contributed by atoms with Crippen molar-refractivity contribution in [1.29, 1.82) is 0 Å². The van der Waals surface area contributed by atoms with Gasteiger partial charge in [-0.2, -0.15) is 0 Å². The van der Waals surface area contributed by atoms with E-state index in [0.29, 0.717) is 32.8 Å². The number of anilines is 2. The highest BCUT2D eigenvalue weighted by atomic mass is 16.6. The van der Waals surface area contributed by atoms with Crippen molar-refractivity contribution >= 4 is 23.4 Å². The lowest BCUT2D eigenvalue weighted by Crippen LogP contribution is -2.51. The van der Waals surface area contributed by atoms with Crippen LogP contribution in [0.4, 0.5) is 16.2 Å². The van der Waals surface area contributed by atoms with E-state index < -0.39 is 0 Å². The molecule has 0 saturated carbocycles. The topological polar surface area (TPSA) is 65.1 Å². The molecule has 0 atom stereocenters. The zero-order chi connectivity index (χ0) is 18.9. The van der Waals surface area contributed by atoms with Gasteiger partial charge in [0.05, 0.1) is 13.2 Å². The summed E-state index contributed by atoms with van der Waals surface area (Å²) >= 11 is 0. The molecule has 0 spiro atoms. The van der Waals surface area contributed by atoms with Gasteiger partial charge in [-0.3, -0.25) is 4.79 Å². The molecule has 1 aliphatic heterocycles. The number of benzene rings is 1. The molecular formula is C19H30N4O3. The van der Waals surface area contributed by atoms with Crippen molar-refractivity contribution in [3.63, 3.8) is 0 Å². The summed E-state index contributed by atoms with van der Waals surface area (Å²) in [5.74, 6) is 0.0429. The number of hydrogen-bond donors (Lipinski definition) is 1. The predicted molar refractivity (Wildman–Crippen MR) is 104 cm³/mol. The Balaban J connectivity index is 1.78. The zero-order valence-electron chi connectivity index (χ0n) is 16.0. The first kappa shape index (κ1) is 19.9. The largest absolute Gasteiger partial charge is 0.450 e. The van der Waals surface area contributed by atoms with Crippen LogP contribution in [-0.2, 0) is 9.53 Å². The van der Waals surface area contributed by atoms with Gasteiger partial charge in [0.15, 0.2) is 0 Å². The average molecular weight is 362 g/mol. The van der Waals surface area contributed by atoms with Crippen molar-refractivity contribution in [2.45, 2.75) is 20.8 Å². The molecule has 2 rings (SSSR count). The summed E-state index contributed by atoms with van der Waals surface area (Å²) in [4.78, 5) is 29.8. The quantitative estimate of drug-likeness (QED) is 0.806. The second-order valence-corrected chi connectivity index (χ2v) is 6.14. The van der Waals surface area contributed by atoms with Gasteiger partial charge in [0.1, 0.15) is 0 Å². The molecule has 7 heteroatoms. The van der Waals surface area contributed by atoms with Crippen molar-refractivity contribution in [3.8, 4) is 0 Å². The van der Waals surface area contributed by atoms with Crippen molar-refractivity contribution in [3.05, 3.63) is 24.3 Å². The predicted octanol–water partition coefficient (Wildman–Crippen LogP) is 2.25. The molecule has 1 heterocycles. The number of carbonyl (C=O) groups excluding carboxylic acids is 2. The fourth-order valence-corrected chi connectivity index (χ4v) is 3.02. The van der Waals surface area contributed by atoms with Crippen molar-refractivity contribution in [2.24, 2.45) is 0 Å². The van der Waals surface area contributed by atoms with E-state index in [2.05, 4.69) is 36.2 Å². The number of carbonyl (C=O) groups is 2. The molecule has 144 valence electrons. The fraction of sp³-hybridized carbons (Fsp3) is 0.579. The molecule has 7 nitrogen and oxygen atoms in total. The molecule has 1 saturated heterocycles. The van der Waals surface area contributed by atoms with Crippen LogP contribution in [0.1, 0.15) is 20.8 Å². The van der Waals surface area contributed by atoms with Crippen molar-refractivity contribution in [2.75, 3.05) is 62.6 Å². The van der Waals surface area contributed by atoms with Gasteiger partial charge in [0.25, 0.3) is 0 Å². The average Bonchev–Trinajstić information content (AvgIpc) is 2.68. The zero-order valence-corrected chi connectivity index (χ0v) is 16.0. The molecule has 0 bridgehead atoms. The Morgan fingerprint density at radius 3 is 2.12 bits per heavy atom. The van der Waals surface area contributed by atoms with Gasteiger partial charge in [-0.05, 0) is 45.0 Å². The van der Waals surface area contributed by atoms with Crippen LogP contribution in [0.5, 0.6) is 0 Å². The standard InChI is InChI=1S/C19H30N4O3/c1-4-21(5-2)17-9-7-16(8-10-17)20-15-18(24)22-11-13-23(14-12-22)19(25)26-6-3/h7-10,20H,4-6,11-15H2,1-3H3. The second kappa shape index (κ2) is 9.89. The lowest BCUT2D eigenvalue weighted by molar-refractivity contribution is -0.130. The van der Waals surface area contributed by atoms with E-state index in [-0.39, 0.29) is 18.5 Å². The number of nitrogens with one attached hydrogen (secondary N) is 1. The van der Waals surface area contributed by atoms with E-state index in [9.17, 15) is 9.59 Å². The third-order valence-corrected chi connectivity index (χ3v) is 4.60. The SMILES string of the molecule is CCOC(=O)N1CCN(C(=O)CNc2ccc(N(CC)CC)cc2)CC1. The number of piperazine rings is 1. The summed E-state index contributed by atoms with van der Waals surface area (Å²) in [6.07, 6.45) is -0.300. The van der Waals surface area contributed by atoms with E-state index >= 15 is 0 Å². The lowest BCUT2D eigenvalue weighted by atomic mass is 10.2. The second-order valence-electron chi connectivity index (χ2n) is 6.14. The lowest BCUT2D eigenvalue weighted by Gasteiger charge is -2.34. The van der Waals surface area contributed by atoms with Crippen LogP contribution in [-0.4, -0.2) is 74.2 Å². The Morgan fingerprint density at radius 2 is 1.58 bits per heavy atom. The highest BCUT2D eigenvalue weighted by Crippen LogP contribution is 2.17.